The van der Waals surface area contributed by atoms with Gasteiger partial charge in [0.15, 0.2) is 0 Å². The molecule has 1 unspecified atom stereocenters. The van der Waals surface area contributed by atoms with Crippen molar-refractivity contribution in [1.82, 2.24) is 5.43 Å². The highest BCUT2D eigenvalue weighted by molar-refractivity contribution is 9.10. The van der Waals surface area contributed by atoms with Crippen molar-refractivity contribution >= 4 is 27.5 Å². The zero-order valence-corrected chi connectivity index (χ0v) is 13.3. The van der Waals surface area contributed by atoms with Crippen LogP contribution in [0.4, 0.5) is 4.39 Å². The Morgan fingerprint density at radius 3 is 2.70 bits per heavy atom. The summed E-state index contributed by atoms with van der Waals surface area (Å²) in [4.78, 5) is 0. The molecule has 0 aliphatic rings. The molecule has 2 aromatic carbocycles. The first-order valence-corrected chi connectivity index (χ1v) is 7.34. The third kappa shape index (κ3) is 3.58. The van der Waals surface area contributed by atoms with Crippen molar-refractivity contribution in [3.8, 4) is 0 Å². The lowest BCUT2D eigenvalue weighted by Crippen LogP contribution is -2.30. The van der Waals surface area contributed by atoms with Gasteiger partial charge < -0.3 is 0 Å². The highest BCUT2D eigenvalue weighted by Gasteiger charge is 2.14. The average molecular weight is 358 g/mol. The highest BCUT2D eigenvalue weighted by atomic mass is 79.9. The normalized spacial score (nSPS) is 12.4. The monoisotopic (exact) mass is 356 g/mol. The summed E-state index contributed by atoms with van der Waals surface area (Å²) in [6.45, 7) is 2.01. The molecule has 2 rings (SSSR count). The fourth-order valence-corrected chi connectivity index (χ4v) is 2.75. The number of rotatable bonds is 4. The third-order valence-electron chi connectivity index (χ3n) is 3.24. The lowest BCUT2D eigenvalue weighted by atomic mass is 9.96. The lowest BCUT2D eigenvalue weighted by molar-refractivity contribution is 0.548. The standard InChI is InChI=1S/C15H15BrClFN2/c1-9-2-4-11(17)8-12(9)15(20-19)7-10-3-5-14(18)13(16)6-10/h2-6,8,15,20H,7,19H2,1H3. The summed E-state index contributed by atoms with van der Waals surface area (Å²) in [5.74, 6) is 5.39. The van der Waals surface area contributed by atoms with Gasteiger partial charge >= 0.3 is 0 Å². The number of halogens is 3. The van der Waals surface area contributed by atoms with Gasteiger partial charge in [-0.3, -0.25) is 11.3 Å². The molecule has 20 heavy (non-hydrogen) atoms. The minimum atomic E-state index is -0.273. The molecular weight excluding hydrogens is 343 g/mol. The Labute approximate surface area is 131 Å². The first kappa shape index (κ1) is 15.4. The van der Waals surface area contributed by atoms with Gasteiger partial charge in [-0.1, -0.05) is 23.7 Å². The Balaban J connectivity index is 2.28. The molecule has 0 spiro atoms. The van der Waals surface area contributed by atoms with E-state index in [4.69, 9.17) is 17.4 Å². The van der Waals surface area contributed by atoms with Gasteiger partial charge in [0.1, 0.15) is 5.82 Å². The lowest BCUT2D eigenvalue weighted by Gasteiger charge is -2.19. The molecule has 3 N–H and O–H groups in total. The molecule has 0 fully saturated rings. The van der Waals surface area contributed by atoms with Gasteiger partial charge in [-0.05, 0) is 70.2 Å². The van der Waals surface area contributed by atoms with Crippen LogP contribution in [0.25, 0.3) is 0 Å². The molecule has 0 heterocycles. The summed E-state index contributed by atoms with van der Waals surface area (Å²) in [5.41, 5.74) is 5.94. The molecule has 1 atom stereocenters. The van der Waals surface area contributed by atoms with E-state index in [0.717, 1.165) is 16.7 Å². The second-order valence-electron chi connectivity index (χ2n) is 4.67. The Morgan fingerprint density at radius 2 is 2.05 bits per heavy atom. The van der Waals surface area contributed by atoms with E-state index in [-0.39, 0.29) is 11.9 Å². The highest BCUT2D eigenvalue weighted by Crippen LogP contribution is 2.26. The van der Waals surface area contributed by atoms with Crippen LogP contribution in [0.15, 0.2) is 40.9 Å². The van der Waals surface area contributed by atoms with E-state index < -0.39 is 0 Å². The van der Waals surface area contributed by atoms with Crippen LogP contribution < -0.4 is 11.3 Å². The van der Waals surface area contributed by atoms with Crippen LogP contribution in [0.2, 0.25) is 5.02 Å². The van der Waals surface area contributed by atoms with Gasteiger partial charge in [-0.2, -0.15) is 0 Å². The SMILES string of the molecule is Cc1ccc(Cl)cc1C(Cc1ccc(F)c(Br)c1)NN. The summed E-state index contributed by atoms with van der Waals surface area (Å²) in [7, 11) is 0. The van der Waals surface area contributed by atoms with Crippen LogP contribution in [-0.2, 0) is 6.42 Å². The van der Waals surface area contributed by atoms with Gasteiger partial charge in [0, 0.05) is 5.02 Å². The van der Waals surface area contributed by atoms with E-state index in [9.17, 15) is 4.39 Å². The molecular formula is C15H15BrClFN2. The molecule has 0 aliphatic carbocycles. The molecule has 0 bridgehead atoms. The van der Waals surface area contributed by atoms with Gasteiger partial charge in [-0.15, -0.1) is 0 Å². The quantitative estimate of drug-likeness (QED) is 0.632. The Bertz CT molecular complexity index is 619. The first-order valence-electron chi connectivity index (χ1n) is 6.17. The maximum atomic E-state index is 13.3. The van der Waals surface area contributed by atoms with Crippen molar-refractivity contribution in [1.29, 1.82) is 0 Å². The van der Waals surface area contributed by atoms with Crippen LogP contribution in [0.3, 0.4) is 0 Å². The molecule has 5 heteroatoms. The van der Waals surface area contributed by atoms with E-state index in [1.54, 1.807) is 12.1 Å². The van der Waals surface area contributed by atoms with Crippen molar-refractivity contribution in [2.45, 2.75) is 19.4 Å². The molecule has 0 aromatic heterocycles. The zero-order valence-electron chi connectivity index (χ0n) is 11.0. The summed E-state index contributed by atoms with van der Waals surface area (Å²) < 4.78 is 13.7. The maximum Gasteiger partial charge on any atom is 0.137 e. The predicted molar refractivity (Wildman–Crippen MR) is 84.1 cm³/mol. The summed E-state index contributed by atoms with van der Waals surface area (Å²) in [5, 5.41) is 0.672. The number of nitrogens with one attached hydrogen (secondary N) is 1. The number of nitrogens with two attached hydrogens (primary N) is 1. The Hall–Kier alpha value is -0.940. The molecule has 2 aromatic rings. The fraction of sp³-hybridized carbons (Fsp3) is 0.200. The second-order valence-corrected chi connectivity index (χ2v) is 5.96. The average Bonchev–Trinajstić information content (AvgIpc) is 2.43. The van der Waals surface area contributed by atoms with Crippen molar-refractivity contribution in [3.05, 3.63) is 68.4 Å². The number of hydrogen-bond donors (Lipinski definition) is 2. The molecule has 0 amide bonds. The fourth-order valence-electron chi connectivity index (χ4n) is 2.15. The molecule has 0 saturated heterocycles. The minimum absolute atomic E-state index is 0.0777. The van der Waals surface area contributed by atoms with Crippen molar-refractivity contribution in [2.75, 3.05) is 0 Å². The maximum absolute atomic E-state index is 13.3. The van der Waals surface area contributed by atoms with Crippen molar-refractivity contribution in [2.24, 2.45) is 5.84 Å². The summed E-state index contributed by atoms with van der Waals surface area (Å²) in [6.07, 6.45) is 0.649. The number of benzene rings is 2. The third-order valence-corrected chi connectivity index (χ3v) is 4.08. The van der Waals surface area contributed by atoms with Gasteiger partial charge in [0.2, 0.25) is 0 Å². The van der Waals surface area contributed by atoms with Crippen molar-refractivity contribution in [3.63, 3.8) is 0 Å². The molecule has 2 nitrogen and oxygen atoms in total. The van der Waals surface area contributed by atoms with E-state index in [0.29, 0.717) is 15.9 Å². The molecule has 0 radical (unpaired) electrons. The van der Waals surface area contributed by atoms with Crippen LogP contribution in [0.1, 0.15) is 22.7 Å². The Morgan fingerprint density at radius 1 is 1.30 bits per heavy atom. The van der Waals surface area contributed by atoms with Crippen LogP contribution in [-0.4, -0.2) is 0 Å². The van der Waals surface area contributed by atoms with Crippen molar-refractivity contribution < 1.29 is 4.39 Å². The largest absolute Gasteiger partial charge is 0.271 e. The predicted octanol–water partition coefficient (Wildman–Crippen LogP) is 4.30. The van der Waals surface area contributed by atoms with Gasteiger partial charge in [0.05, 0.1) is 10.5 Å². The smallest absolute Gasteiger partial charge is 0.137 e. The molecule has 0 aliphatic heterocycles. The van der Waals surface area contributed by atoms with Crippen LogP contribution in [0, 0.1) is 12.7 Å². The van der Waals surface area contributed by atoms with E-state index in [1.165, 1.54) is 6.07 Å². The van der Waals surface area contributed by atoms with Crippen LogP contribution >= 0.6 is 27.5 Å². The topological polar surface area (TPSA) is 38.0 Å². The van der Waals surface area contributed by atoms with Gasteiger partial charge in [0.25, 0.3) is 0 Å². The van der Waals surface area contributed by atoms with Crippen LogP contribution in [0.5, 0.6) is 0 Å². The summed E-state index contributed by atoms with van der Waals surface area (Å²) >= 11 is 9.23. The van der Waals surface area contributed by atoms with E-state index in [2.05, 4.69) is 21.4 Å². The number of hydrazine groups is 1. The Kier molecular flexibility index (Phi) is 5.16. The number of aryl methyl sites for hydroxylation is 1. The molecule has 106 valence electrons. The first-order chi connectivity index (χ1) is 9.51. The molecule has 0 saturated carbocycles. The zero-order chi connectivity index (χ0) is 14.7. The van der Waals surface area contributed by atoms with E-state index >= 15 is 0 Å². The second kappa shape index (κ2) is 6.68. The van der Waals surface area contributed by atoms with Gasteiger partial charge in [-0.25, -0.2) is 4.39 Å². The number of hydrogen-bond acceptors (Lipinski definition) is 2. The summed E-state index contributed by atoms with van der Waals surface area (Å²) in [6, 6.07) is 10.6. The minimum Gasteiger partial charge on any atom is -0.271 e. The van der Waals surface area contributed by atoms with E-state index in [1.807, 2.05) is 25.1 Å².